The molecule has 0 bridgehead atoms. The van der Waals surface area contributed by atoms with Gasteiger partial charge in [-0.1, -0.05) is 77.2 Å². The summed E-state index contributed by atoms with van der Waals surface area (Å²) in [6.07, 6.45) is 5.35. The van der Waals surface area contributed by atoms with E-state index in [9.17, 15) is 0 Å². The minimum Gasteiger partial charge on any atom is -0.305 e. The number of nitrogens with zero attached hydrogens (tertiary/aromatic N) is 3. The minimum atomic E-state index is 0. The maximum Gasteiger partial charge on any atom is 3.00 e. The van der Waals surface area contributed by atoms with Gasteiger partial charge in [-0.15, -0.1) is 95.6 Å². The average molecular weight is 813 g/mol. The van der Waals surface area contributed by atoms with Crippen LogP contribution in [-0.2, 0) is 20.1 Å². The molecule has 6 heteroatoms. The number of hydrogen-bond donors (Lipinski definition) is 0. The Morgan fingerprint density at radius 1 is 0.436 bits per heavy atom. The summed E-state index contributed by atoms with van der Waals surface area (Å²) >= 11 is 6.82. The summed E-state index contributed by atoms with van der Waals surface area (Å²) in [5.41, 5.74) is 5.92. The van der Waals surface area contributed by atoms with Gasteiger partial charge >= 0.3 is 20.1 Å². The summed E-state index contributed by atoms with van der Waals surface area (Å²) in [7, 11) is 0. The van der Waals surface area contributed by atoms with Crippen molar-refractivity contribution in [2.45, 2.75) is 0 Å². The van der Waals surface area contributed by atoms with Gasteiger partial charge in [0.25, 0.3) is 0 Å². The summed E-state index contributed by atoms with van der Waals surface area (Å²) in [4.78, 5) is 12.7. The zero-order chi connectivity index (χ0) is 26.4. The maximum atomic E-state index is 4.24. The van der Waals surface area contributed by atoms with Crippen molar-refractivity contribution < 1.29 is 20.1 Å². The first-order chi connectivity index (χ1) is 18.7. The molecule has 3 nitrogen and oxygen atoms in total. The summed E-state index contributed by atoms with van der Waals surface area (Å²) in [6.45, 7) is 0. The van der Waals surface area contributed by atoms with Gasteiger partial charge in [0.2, 0.25) is 0 Å². The summed E-state index contributed by atoms with van der Waals surface area (Å²) in [5.74, 6) is 0. The molecule has 0 aliphatic rings. The van der Waals surface area contributed by atoms with Gasteiger partial charge in [-0.3, -0.25) is 0 Å². The molecule has 0 amide bonds. The van der Waals surface area contributed by atoms with E-state index in [1.165, 1.54) is 0 Å². The monoisotopic (exact) mass is 811 g/mol. The van der Waals surface area contributed by atoms with Crippen LogP contribution in [0.4, 0.5) is 0 Å². The van der Waals surface area contributed by atoms with E-state index in [-0.39, 0.29) is 20.1 Å². The fourth-order valence-corrected chi connectivity index (χ4v) is 4.01. The molecular weight excluding hydrogens is 790 g/mol. The quantitative estimate of drug-likeness (QED) is 0.168. The van der Waals surface area contributed by atoms with Crippen LogP contribution in [0.25, 0.3) is 33.8 Å². The second-order valence-corrected chi connectivity index (χ2v) is 9.59. The van der Waals surface area contributed by atoms with Crippen LogP contribution < -0.4 is 0 Å². The van der Waals surface area contributed by atoms with E-state index in [2.05, 4.69) is 65.0 Å². The summed E-state index contributed by atoms with van der Waals surface area (Å²) in [6, 6.07) is 46.4. The number of halogens is 2. The van der Waals surface area contributed by atoms with Crippen molar-refractivity contribution in [3.63, 3.8) is 0 Å². The predicted molar refractivity (Wildman–Crippen MR) is 161 cm³/mol. The van der Waals surface area contributed by atoms with E-state index in [1.54, 1.807) is 18.6 Å². The number of rotatable bonds is 3. The van der Waals surface area contributed by atoms with Crippen LogP contribution >= 0.6 is 31.9 Å². The third-order valence-electron chi connectivity index (χ3n) is 5.06. The molecule has 0 atom stereocenters. The Bertz CT molecular complexity index is 1400. The van der Waals surface area contributed by atoms with E-state index in [0.29, 0.717) is 0 Å². The van der Waals surface area contributed by atoms with E-state index >= 15 is 0 Å². The van der Waals surface area contributed by atoms with E-state index in [4.69, 9.17) is 0 Å². The topological polar surface area (TPSA) is 38.7 Å². The van der Waals surface area contributed by atoms with Gasteiger partial charge < -0.3 is 15.0 Å². The first kappa shape index (κ1) is 30.3. The molecule has 0 aliphatic carbocycles. The normalized spacial score (nSPS) is 9.59. The second kappa shape index (κ2) is 16.6. The molecule has 0 unspecified atom stereocenters. The SMILES string of the molecule is Brc1cc[c-]c(-c2ccccn2)c1.Brc1cc[c-]c(-c2ccccn2)c1.[Ir+3].[c-]1ccccc1-c1ccccn1. The van der Waals surface area contributed by atoms with Gasteiger partial charge in [-0.25, -0.2) is 0 Å². The Hall–Kier alpha value is -3.28. The standard InChI is InChI=1S/2C11H7BrN.C11H8N.Ir/c2*12-10-5-3-4-9(8-10)11-6-1-2-7-13-11;1-2-6-10(7-3-1)11-8-4-5-9-12-11;/h2*1-3,5-8H;1-6,8-9H;/q3*-1;+3. The predicted octanol–water partition coefficient (Wildman–Crippen LogP) is 9.17. The third-order valence-corrected chi connectivity index (χ3v) is 6.05. The first-order valence-electron chi connectivity index (χ1n) is 11.7. The van der Waals surface area contributed by atoms with Gasteiger partial charge in [0, 0.05) is 18.6 Å². The third kappa shape index (κ3) is 10.1. The molecule has 3 heterocycles. The van der Waals surface area contributed by atoms with Crippen LogP contribution in [0.2, 0.25) is 0 Å². The second-order valence-electron chi connectivity index (χ2n) is 7.76. The summed E-state index contributed by atoms with van der Waals surface area (Å²) < 4.78 is 2.10. The Kier molecular flexibility index (Phi) is 12.9. The number of hydrogen-bond acceptors (Lipinski definition) is 3. The molecule has 3 aromatic heterocycles. The molecule has 0 saturated heterocycles. The van der Waals surface area contributed by atoms with Gasteiger partial charge in [0.05, 0.1) is 0 Å². The minimum absolute atomic E-state index is 0. The van der Waals surface area contributed by atoms with Crippen molar-refractivity contribution in [2.75, 3.05) is 0 Å². The van der Waals surface area contributed by atoms with Crippen LogP contribution in [0.15, 0.2) is 143 Å². The van der Waals surface area contributed by atoms with Gasteiger partial charge in [-0.05, 0) is 35.3 Å². The Morgan fingerprint density at radius 3 is 1.21 bits per heavy atom. The molecule has 0 fully saturated rings. The molecule has 0 aliphatic heterocycles. The Balaban J connectivity index is 0.000000160. The average Bonchev–Trinajstić information content (AvgIpc) is 3.00. The van der Waals surface area contributed by atoms with E-state index in [1.807, 2.05) is 115 Å². The van der Waals surface area contributed by atoms with Crippen LogP contribution in [0.3, 0.4) is 0 Å². The zero-order valence-electron chi connectivity index (χ0n) is 20.6. The van der Waals surface area contributed by atoms with Crippen molar-refractivity contribution in [1.82, 2.24) is 15.0 Å². The fraction of sp³-hybridized carbons (Fsp3) is 0. The van der Waals surface area contributed by atoms with Crippen molar-refractivity contribution in [3.05, 3.63) is 161 Å². The van der Waals surface area contributed by atoms with E-state index < -0.39 is 0 Å². The van der Waals surface area contributed by atoms with E-state index in [0.717, 1.165) is 42.7 Å². The van der Waals surface area contributed by atoms with Crippen LogP contribution in [0.1, 0.15) is 0 Å². The molecule has 0 radical (unpaired) electrons. The Morgan fingerprint density at radius 2 is 0.846 bits per heavy atom. The summed E-state index contributed by atoms with van der Waals surface area (Å²) in [5, 5.41) is 0. The van der Waals surface area contributed by atoms with Crippen molar-refractivity contribution in [1.29, 1.82) is 0 Å². The van der Waals surface area contributed by atoms with Crippen LogP contribution in [0.5, 0.6) is 0 Å². The number of pyridine rings is 3. The number of aromatic nitrogens is 3. The molecular formula is C33H22Br2IrN3. The molecule has 0 saturated carbocycles. The molecule has 39 heavy (non-hydrogen) atoms. The fourth-order valence-electron chi connectivity index (χ4n) is 3.29. The van der Waals surface area contributed by atoms with Gasteiger partial charge in [-0.2, -0.15) is 0 Å². The molecule has 0 N–H and O–H groups in total. The van der Waals surface area contributed by atoms with Crippen molar-refractivity contribution >= 4 is 31.9 Å². The smallest absolute Gasteiger partial charge is 0.305 e. The van der Waals surface area contributed by atoms with Crippen LogP contribution in [0, 0.1) is 18.2 Å². The maximum absolute atomic E-state index is 4.24. The molecule has 6 rings (SSSR count). The van der Waals surface area contributed by atoms with Crippen LogP contribution in [-0.4, -0.2) is 15.0 Å². The van der Waals surface area contributed by atoms with Crippen molar-refractivity contribution in [3.8, 4) is 33.8 Å². The first-order valence-corrected chi connectivity index (χ1v) is 13.3. The molecule has 6 aromatic rings. The molecule has 3 aromatic carbocycles. The van der Waals surface area contributed by atoms with Gasteiger partial charge in [0.1, 0.15) is 0 Å². The van der Waals surface area contributed by atoms with Crippen molar-refractivity contribution in [2.24, 2.45) is 0 Å². The molecule has 0 spiro atoms. The number of benzene rings is 3. The Labute approximate surface area is 260 Å². The largest absolute Gasteiger partial charge is 3.00 e. The zero-order valence-corrected chi connectivity index (χ0v) is 26.2. The van der Waals surface area contributed by atoms with Gasteiger partial charge in [0.15, 0.2) is 0 Å². The molecule has 192 valence electrons.